The summed E-state index contributed by atoms with van der Waals surface area (Å²) in [6.45, 7) is 0. The molecule has 0 fully saturated rings. The SMILES string of the molecule is CSCc1nnc(SCC(=O)NC(=O)c2ccco2)o1. The fourth-order valence-corrected chi connectivity index (χ4v) is 2.18. The number of amides is 2. The van der Waals surface area contributed by atoms with Crippen LogP contribution < -0.4 is 5.32 Å². The lowest BCUT2D eigenvalue weighted by atomic mass is 10.4. The monoisotopic (exact) mass is 313 g/mol. The van der Waals surface area contributed by atoms with Crippen LogP contribution in [0.25, 0.3) is 0 Å². The molecule has 0 saturated carbocycles. The molecule has 106 valence electrons. The number of carbonyl (C=O) groups is 2. The van der Waals surface area contributed by atoms with Crippen molar-refractivity contribution in [3.8, 4) is 0 Å². The van der Waals surface area contributed by atoms with Crippen molar-refractivity contribution in [1.29, 1.82) is 0 Å². The highest BCUT2D eigenvalue weighted by molar-refractivity contribution is 7.99. The molecule has 2 rings (SSSR count). The summed E-state index contributed by atoms with van der Waals surface area (Å²) in [5.41, 5.74) is 0. The van der Waals surface area contributed by atoms with E-state index in [0.29, 0.717) is 16.9 Å². The van der Waals surface area contributed by atoms with Crippen LogP contribution in [0.1, 0.15) is 16.4 Å². The molecular weight excluding hydrogens is 302 g/mol. The van der Waals surface area contributed by atoms with Gasteiger partial charge in [0.1, 0.15) is 0 Å². The van der Waals surface area contributed by atoms with Crippen molar-refractivity contribution < 1.29 is 18.4 Å². The van der Waals surface area contributed by atoms with E-state index in [0.717, 1.165) is 11.8 Å². The summed E-state index contributed by atoms with van der Waals surface area (Å²) in [5.74, 6) is 0.190. The van der Waals surface area contributed by atoms with Gasteiger partial charge in [0.2, 0.25) is 11.8 Å². The maximum absolute atomic E-state index is 11.6. The summed E-state index contributed by atoms with van der Waals surface area (Å²) >= 11 is 2.63. The summed E-state index contributed by atoms with van der Waals surface area (Å²) in [6, 6.07) is 3.04. The van der Waals surface area contributed by atoms with Gasteiger partial charge in [-0.3, -0.25) is 14.9 Å². The number of nitrogens with one attached hydrogen (secondary N) is 1. The predicted octanol–water partition coefficient (Wildman–Crippen LogP) is 1.57. The van der Waals surface area contributed by atoms with Gasteiger partial charge >= 0.3 is 0 Å². The number of aromatic nitrogens is 2. The second kappa shape index (κ2) is 7.15. The molecule has 20 heavy (non-hydrogen) atoms. The third kappa shape index (κ3) is 4.14. The Hall–Kier alpha value is -1.74. The zero-order valence-corrected chi connectivity index (χ0v) is 12.1. The van der Waals surface area contributed by atoms with E-state index in [9.17, 15) is 9.59 Å². The lowest BCUT2D eigenvalue weighted by Gasteiger charge is -1.99. The van der Waals surface area contributed by atoms with Gasteiger partial charge in [-0.1, -0.05) is 11.8 Å². The van der Waals surface area contributed by atoms with E-state index in [1.54, 1.807) is 17.8 Å². The molecule has 9 heteroatoms. The number of thioether (sulfide) groups is 2. The number of nitrogens with zero attached hydrogens (tertiary/aromatic N) is 2. The first kappa shape index (κ1) is 14.7. The summed E-state index contributed by atoms with van der Waals surface area (Å²) in [7, 11) is 0. The first-order chi connectivity index (χ1) is 9.69. The molecule has 0 radical (unpaired) electrons. The average molecular weight is 313 g/mol. The quantitative estimate of drug-likeness (QED) is 0.803. The minimum Gasteiger partial charge on any atom is -0.459 e. The van der Waals surface area contributed by atoms with Gasteiger partial charge in [-0.05, 0) is 18.4 Å². The van der Waals surface area contributed by atoms with E-state index in [4.69, 9.17) is 8.83 Å². The van der Waals surface area contributed by atoms with Crippen molar-refractivity contribution in [2.45, 2.75) is 11.0 Å². The van der Waals surface area contributed by atoms with Gasteiger partial charge in [0.15, 0.2) is 5.76 Å². The second-order valence-electron chi connectivity index (χ2n) is 3.54. The molecule has 0 unspecified atom stereocenters. The molecule has 0 saturated heterocycles. The van der Waals surface area contributed by atoms with Crippen molar-refractivity contribution in [3.63, 3.8) is 0 Å². The van der Waals surface area contributed by atoms with E-state index < -0.39 is 11.8 Å². The fraction of sp³-hybridized carbons (Fsp3) is 0.273. The van der Waals surface area contributed by atoms with Crippen LogP contribution in [0.2, 0.25) is 0 Å². The van der Waals surface area contributed by atoms with Gasteiger partial charge in [0.05, 0.1) is 17.8 Å². The number of carbonyl (C=O) groups excluding carboxylic acids is 2. The van der Waals surface area contributed by atoms with E-state index in [-0.39, 0.29) is 11.5 Å². The molecule has 0 aliphatic heterocycles. The highest BCUT2D eigenvalue weighted by Gasteiger charge is 2.14. The molecule has 0 aliphatic carbocycles. The molecule has 0 aliphatic rings. The Labute approximate surface area is 122 Å². The van der Waals surface area contributed by atoms with Crippen molar-refractivity contribution in [2.75, 3.05) is 12.0 Å². The first-order valence-electron chi connectivity index (χ1n) is 5.51. The minimum atomic E-state index is -0.575. The summed E-state index contributed by atoms with van der Waals surface area (Å²) in [4.78, 5) is 23.1. The Bertz CT molecular complexity index is 582. The number of furan rings is 1. The molecule has 2 aromatic heterocycles. The van der Waals surface area contributed by atoms with Gasteiger partial charge in [-0.2, -0.15) is 11.8 Å². The van der Waals surface area contributed by atoms with Crippen LogP contribution in [0.4, 0.5) is 0 Å². The predicted molar refractivity (Wildman–Crippen MR) is 73.4 cm³/mol. The molecule has 0 spiro atoms. The Morgan fingerprint density at radius 2 is 2.25 bits per heavy atom. The summed E-state index contributed by atoms with van der Waals surface area (Å²) in [5, 5.41) is 10.1. The Morgan fingerprint density at radius 1 is 1.40 bits per heavy atom. The van der Waals surface area contributed by atoms with Crippen molar-refractivity contribution in [1.82, 2.24) is 15.5 Å². The lowest BCUT2D eigenvalue weighted by molar-refractivity contribution is -0.117. The molecule has 1 N–H and O–H groups in total. The molecule has 2 amide bonds. The molecule has 2 aromatic rings. The standard InChI is InChI=1S/C11H11N3O4S2/c1-19-6-9-13-14-11(18-9)20-5-8(15)12-10(16)7-3-2-4-17-7/h2-4H,5-6H2,1H3,(H,12,15,16). The molecule has 7 nitrogen and oxygen atoms in total. The van der Waals surface area contributed by atoms with Crippen molar-refractivity contribution >= 4 is 35.3 Å². The van der Waals surface area contributed by atoms with Gasteiger partial charge in [0, 0.05) is 0 Å². The van der Waals surface area contributed by atoms with E-state index in [1.807, 2.05) is 6.26 Å². The lowest BCUT2D eigenvalue weighted by Crippen LogP contribution is -2.31. The third-order valence-corrected chi connectivity index (χ3v) is 3.39. The van der Waals surface area contributed by atoms with Crippen LogP contribution in [-0.4, -0.2) is 34.0 Å². The van der Waals surface area contributed by atoms with E-state index in [1.165, 1.54) is 12.3 Å². The zero-order valence-electron chi connectivity index (χ0n) is 10.5. The average Bonchev–Trinajstić information content (AvgIpc) is 3.08. The van der Waals surface area contributed by atoms with E-state index in [2.05, 4.69) is 15.5 Å². The van der Waals surface area contributed by atoms with Crippen LogP contribution in [0, 0.1) is 0 Å². The zero-order chi connectivity index (χ0) is 14.4. The Kier molecular flexibility index (Phi) is 5.24. The largest absolute Gasteiger partial charge is 0.459 e. The Morgan fingerprint density at radius 3 is 2.95 bits per heavy atom. The van der Waals surface area contributed by atoms with Crippen LogP contribution in [0.15, 0.2) is 32.5 Å². The van der Waals surface area contributed by atoms with Gasteiger partial charge < -0.3 is 8.83 Å². The maximum atomic E-state index is 11.6. The fourth-order valence-electron chi connectivity index (χ4n) is 1.24. The number of hydrogen-bond donors (Lipinski definition) is 1. The van der Waals surface area contributed by atoms with E-state index >= 15 is 0 Å². The van der Waals surface area contributed by atoms with Gasteiger partial charge in [-0.25, -0.2) is 0 Å². The van der Waals surface area contributed by atoms with Crippen LogP contribution >= 0.6 is 23.5 Å². The number of rotatable bonds is 6. The first-order valence-corrected chi connectivity index (χ1v) is 7.89. The minimum absolute atomic E-state index is 0.00729. The van der Waals surface area contributed by atoms with Crippen molar-refractivity contribution in [2.24, 2.45) is 0 Å². The highest BCUT2D eigenvalue weighted by atomic mass is 32.2. The van der Waals surface area contributed by atoms with Gasteiger partial charge in [0.25, 0.3) is 11.1 Å². The summed E-state index contributed by atoms with van der Waals surface area (Å²) in [6.07, 6.45) is 3.28. The van der Waals surface area contributed by atoms with Crippen molar-refractivity contribution in [3.05, 3.63) is 30.0 Å². The second-order valence-corrected chi connectivity index (χ2v) is 5.33. The molecule has 2 heterocycles. The van der Waals surface area contributed by atoms with Crippen LogP contribution in [0.5, 0.6) is 0 Å². The molecule has 0 bridgehead atoms. The highest BCUT2D eigenvalue weighted by Crippen LogP contribution is 2.17. The number of hydrogen-bond acceptors (Lipinski definition) is 8. The smallest absolute Gasteiger partial charge is 0.293 e. The maximum Gasteiger partial charge on any atom is 0.293 e. The van der Waals surface area contributed by atoms with Gasteiger partial charge in [-0.15, -0.1) is 10.2 Å². The Balaban J connectivity index is 1.78. The number of imide groups is 1. The molecule has 0 aromatic carbocycles. The summed E-state index contributed by atoms with van der Waals surface area (Å²) < 4.78 is 10.2. The third-order valence-electron chi connectivity index (χ3n) is 2.04. The molecular formula is C11H11N3O4S2. The van der Waals surface area contributed by atoms with Crippen LogP contribution in [-0.2, 0) is 10.5 Å². The molecule has 0 atom stereocenters. The normalized spacial score (nSPS) is 10.4. The topological polar surface area (TPSA) is 98.2 Å². The van der Waals surface area contributed by atoms with Crippen LogP contribution in [0.3, 0.4) is 0 Å².